The minimum absolute atomic E-state index is 0.127. The number of hydrogen-bond donors (Lipinski definition) is 0. The normalized spacial score (nSPS) is 17.4. The summed E-state index contributed by atoms with van der Waals surface area (Å²) in [6.45, 7) is 8.11. The van der Waals surface area contributed by atoms with E-state index in [9.17, 15) is 22.4 Å². The molecular weight excluding hydrogens is 410 g/mol. The van der Waals surface area contributed by atoms with E-state index in [-0.39, 0.29) is 23.8 Å². The lowest BCUT2D eigenvalue weighted by Crippen LogP contribution is -2.51. The van der Waals surface area contributed by atoms with Crippen molar-refractivity contribution >= 4 is 28.9 Å². The van der Waals surface area contributed by atoms with E-state index in [0.29, 0.717) is 6.07 Å². The summed E-state index contributed by atoms with van der Waals surface area (Å²) in [4.78, 5) is 15.3. The molecule has 1 atom stereocenters. The van der Waals surface area contributed by atoms with E-state index in [4.69, 9.17) is 22.2 Å². The maximum absolute atomic E-state index is 13.5. The molecule has 0 bridgehead atoms. The van der Waals surface area contributed by atoms with E-state index < -0.39 is 40.8 Å². The van der Waals surface area contributed by atoms with Crippen LogP contribution in [0.25, 0.3) is 0 Å². The zero-order chi connectivity index (χ0) is 22.1. The zero-order valence-electron chi connectivity index (χ0n) is 16.0. The Labute approximate surface area is 171 Å². The van der Waals surface area contributed by atoms with Crippen LogP contribution in [0.1, 0.15) is 38.3 Å². The molecule has 1 aromatic carbocycles. The van der Waals surface area contributed by atoms with Gasteiger partial charge in [-0.2, -0.15) is 18.4 Å². The van der Waals surface area contributed by atoms with Crippen molar-refractivity contribution in [3.05, 3.63) is 41.7 Å². The molecule has 1 saturated heterocycles. The third-order valence-electron chi connectivity index (χ3n) is 4.46. The van der Waals surface area contributed by atoms with Crippen LogP contribution in [0.5, 0.6) is 0 Å². The molecule has 2 rings (SSSR count). The molecule has 0 radical (unpaired) electrons. The largest absolute Gasteiger partial charge is 0.417 e. The van der Waals surface area contributed by atoms with E-state index in [1.54, 1.807) is 6.92 Å². The number of anilines is 1. The Bertz CT molecular complexity index is 892. The Morgan fingerprint density at radius 2 is 2.03 bits per heavy atom. The van der Waals surface area contributed by atoms with Crippen LogP contribution in [0.2, 0.25) is 0 Å². The summed E-state index contributed by atoms with van der Waals surface area (Å²) in [5, 5.41) is 8.83. The Morgan fingerprint density at radius 1 is 1.41 bits per heavy atom. The van der Waals surface area contributed by atoms with Gasteiger partial charge in [-0.15, -0.1) is 0 Å². The highest BCUT2D eigenvalue weighted by Gasteiger charge is 2.52. The van der Waals surface area contributed by atoms with E-state index in [1.165, 1.54) is 30.9 Å². The molecule has 1 aliphatic heterocycles. The highest BCUT2D eigenvalue weighted by atomic mass is 32.1. The van der Waals surface area contributed by atoms with Gasteiger partial charge in [0.2, 0.25) is 0 Å². The molecule has 29 heavy (non-hydrogen) atoms. The van der Waals surface area contributed by atoms with Crippen molar-refractivity contribution in [3.63, 3.8) is 0 Å². The van der Waals surface area contributed by atoms with Crippen LogP contribution in [-0.2, 0) is 15.7 Å². The zero-order valence-corrected chi connectivity index (χ0v) is 16.8. The number of alkyl halides is 3. The van der Waals surface area contributed by atoms with Crippen LogP contribution in [0.4, 0.5) is 23.2 Å². The van der Waals surface area contributed by atoms with Crippen molar-refractivity contribution in [1.29, 1.82) is 5.26 Å². The number of thiocarbonyl (C=S) groups is 1. The lowest BCUT2D eigenvalue weighted by molar-refractivity contribution is -0.137. The SMILES string of the molecule is C=C(F)CC(OCC)N1C(=S)N(c2ccc(C#N)c(C(F)(F)F)c2)C(=O)C1(C)C. The molecule has 1 heterocycles. The number of ether oxygens (including phenoxy) is 1. The third kappa shape index (κ3) is 4.26. The number of carbonyl (C=O) groups is 1. The summed E-state index contributed by atoms with van der Waals surface area (Å²) in [6.07, 6.45) is -6.02. The molecule has 1 aliphatic rings. The van der Waals surface area contributed by atoms with Gasteiger partial charge in [0.15, 0.2) is 5.11 Å². The van der Waals surface area contributed by atoms with Gasteiger partial charge in [0.25, 0.3) is 5.91 Å². The van der Waals surface area contributed by atoms with E-state index >= 15 is 0 Å². The first-order valence-electron chi connectivity index (χ1n) is 8.60. The quantitative estimate of drug-likeness (QED) is 0.492. The molecule has 1 amide bonds. The van der Waals surface area contributed by atoms with Crippen molar-refractivity contribution in [1.82, 2.24) is 4.90 Å². The number of nitriles is 1. The number of carbonyl (C=O) groups excluding carboxylic acids is 1. The van der Waals surface area contributed by atoms with Crippen LogP contribution < -0.4 is 4.90 Å². The number of halogens is 4. The highest BCUT2D eigenvalue weighted by molar-refractivity contribution is 7.80. The maximum atomic E-state index is 13.5. The number of rotatable bonds is 6. The van der Waals surface area contributed by atoms with Crippen molar-refractivity contribution in [2.24, 2.45) is 0 Å². The molecule has 0 aliphatic carbocycles. The Hall–Kier alpha value is -2.51. The van der Waals surface area contributed by atoms with Gasteiger partial charge >= 0.3 is 6.18 Å². The topological polar surface area (TPSA) is 56.6 Å². The standard InChI is InChI=1S/C19H19F4N3O2S/c1-5-28-15(8-11(2)20)26-17(29)25(16(27)18(26,3)4)13-7-6-12(10-24)14(9-13)19(21,22)23/h6-7,9,15H,2,5,8H2,1,3-4H3. The van der Waals surface area contributed by atoms with E-state index in [2.05, 4.69) is 6.58 Å². The summed E-state index contributed by atoms with van der Waals surface area (Å²) >= 11 is 5.36. The molecule has 1 unspecified atom stereocenters. The third-order valence-corrected chi connectivity index (χ3v) is 4.84. The maximum Gasteiger partial charge on any atom is 0.417 e. The monoisotopic (exact) mass is 429 g/mol. The highest BCUT2D eigenvalue weighted by Crippen LogP contribution is 2.39. The lowest BCUT2D eigenvalue weighted by Gasteiger charge is -2.36. The fraction of sp³-hybridized carbons (Fsp3) is 0.421. The molecule has 5 nitrogen and oxygen atoms in total. The molecule has 0 spiro atoms. The Balaban J connectivity index is 2.56. The average Bonchev–Trinajstić information content (AvgIpc) is 2.77. The number of nitrogens with zero attached hydrogens (tertiary/aromatic N) is 3. The van der Waals surface area contributed by atoms with E-state index in [0.717, 1.165) is 11.0 Å². The van der Waals surface area contributed by atoms with Crippen LogP contribution in [-0.4, -0.2) is 34.3 Å². The average molecular weight is 429 g/mol. The van der Waals surface area contributed by atoms with Crippen LogP contribution in [0, 0.1) is 11.3 Å². The smallest absolute Gasteiger partial charge is 0.358 e. The lowest BCUT2D eigenvalue weighted by atomic mass is 10.0. The van der Waals surface area contributed by atoms with Crippen molar-refractivity contribution in [2.75, 3.05) is 11.5 Å². The second-order valence-electron chi connectivity index (χ2n) is 6.82. The molecule has 156 valence electrons. The predicted molar refractivity (Wildman–Crippen MR) is 102 cm³/mol. The summed E-state index contributed by atoms with van der Waals surface area (Å²) < 4.78 is 59.0. The van der Waals surface area contributed by atoms with Gasteiger partial charge in [0.1, 0.15) is 11.8 Å². The Kier molecular flexibility index (Phi) is 6.35. The van der Waals surface area contributed by atoms with Gasteiger partial charge < -0.3 is 9.64 Å². The van der Waals surface area contributed by atoms with Crippen LogP contribution in [0.3, 0.4) is 0 Å². The van der Waals surface area contributed by atoms with Crippen molar-refractivity contribution < 1.29 is 27.1 Å². The molecule has 1 aromatic rings. The predicted octanol–water partition coefficient (Wildman–Crippen LogP) is 4.53. The Morgan fingerprint density at radius 3 is 2.52 bits per heavy atom. The molecule has 1 fully saturated rings. The molecule has 0 N–H and O–H groups in total. The second kappa shape index (κ2) is 8.08. The molecule has 0 saturated carbocycles. The van der Waals surface area contributed by atoms with Gasteiger partial charge in [0, 0.05) is 13.0 Å². The van der Waals surface area contributed by atoms with Gasteiger partial charge in [-0.25, -0.2) is 4.39 Å². The van der Waals surface area contributed by atoms with Crippen LogP contribution in [0.15, 0.2) is 30.6 Å². The fourth-order valence-electron chi connectivity index (χ4n) is 3.13. The molecule has 10 heteroatoms. The van der Waals surface area contributed by atoms with Crippen LogP contribution >= 0.6 is 12.2 Å². The molecular formula is C19H19F4N3O2S. The molecule has 0 aromatic heterocycles. The van der Waals surface area contributed by atoms with Gasteiger partial charge in [-0.3, -0.25) is 9.69 Å². The number of benzene rings is 1. The summed E-state index contributed by atoms with van der Waals surface area (Å²) in [5.74, 6) is -1.29. The van der Waals surface area contributed by atoms with E-state index in [1.807, 2.05) is 0 Å². The summed E-state index contributed by atoms with van der Waals surface area (Å²) in [5.41, 5.74) is -3.20. The summed E-state index contributed by atoms with van der Waals surface area (Å²) in [6, 6.07) is 4.38. The first-order chi connectivity index (χ1) is 13.4. The van der Waals surface area contributed by atoms with Crippen molar-refractivity contribution in [3.8, 4) is 6.07 Å². The summed E-state index contributed by atoms with van der Waals surface area (Å²) in [7, 11) is 0. The van der Waals surface area contributed by atoms with Gasteiger partial charge in [-0.05, 0) is 51.2 Å². The first kappa shape index (κ1) is 22.8. The minimum Gasteiger partial charge on any atom is -0.358 e. The minimum atomic E-state index is -4.79. The second-order valence-corrected chi connectivity index (χ2v) is 7.19. The van der Waals surface area contributed by atoms with Gasteiger partial charge in [0.05, 0.1) is 28.7 Å². The number of hydrogen-bond acceptors (Lipinski definition) is 4. The number of amides is 1. The van der Waals surface area contributed by atoms with Crippen molar-refractivity contribution in [2.45, 2.75) is 45.1 Å². The first-order valence-corrected chi connectivity index (χ1v) is 9.01. The fourth-order valence-corrected chi connectivity index (χ4v) is 3.67. The van der Waals surface area contributed by atoms with Gasteiger partial charge in [-0.1, -0.05) is 6.58 Å².